The number of aromatic nitrogens is 1. The minimum atomic E-state index is 0.341. The van der Waals surface area contributed by atoms with Crippen molar-refractivity contribution in [1.82, 2.24) is 4.98 Å². The van der Waals surface area contributed by atoms with E-state index in [1.807, 2.05) is 42.7 Å². The van der Waals surface area contributed by atoms with Gasteiger partial charge in [0.05, 0.1) is 10.0 Å². The Kier molecular flexibility index (Phi) is 4.03. The Morgan fingerprint density at radius 3 is 2.29 bits per heavy atom. The molecule has 0 aliphatic rings. The number of pyridine rings is 1. The first-order chi connectivity index (χ1) is 8.22. The Hall–Kier alpha value is -1.05. The van der Waals surface area contributed by atoms with Crippen molar-refractivity contribution in [1.29, 1.82) is 0 Å². The average molecular weight is 266 g/mol. The molecule has 1 atom stereocenters. The summed E-state index contributed by atoms with van der Waals surface area (Å²) in [6.07, 6.45) is 4.65. The predicted octanol–water partition coefficient (Wildman–Crippen LogP) is 4.93. The van der Waals surface area contributed by atoms with Crippen molar-refractivity contribution >= 4 is 23.2 Å². The Morgan fingerprint density at radius 2 is 1.71 bits per heavy atom. The third-order valence-corrected chi connectivity index (χ3v) is 3.60. The fourth-order valence-corrected chi connectivity index (χ4v) is 2.30. The van der Waals surface area contributed by atoms with Crippen LogP contribution in [0.2, 0.25) is 10.0 Å². The Balaban J connectivity index is 2.39. The van der Waals surface area contributed by atoms with Crippen molar-refractivity contribution < 1.29 is 0 Å². The Morgan fingerprint density at radius 1 is 1.00 bits per heavy atom. The van der Waals surface area contributed by atoms with E-state index in [0.29, 0.717) is 16.0 Å². The summed E-state index contributed by atoms with van der Waals surface area (Å²) < 4.78 is 0. The molecule has 0 N–H and O–H groups in total. The molecule has 0 aliphatic carbocycles. The number of hydrogen-bond donors (Lipinski definition) is 0. The van der Waals surface area contributed by atoms with Gasteiger partial charge in [-0.25, -0.2) is 0 Å². The first kappa shape index (κ1) is 12.4. The van der Waals surface area contributed by atoms with Crippen molar-refractivity contribution in [3.05, 3.63) is 63.9 Å². The predicted molar refractivity (Wildman–Crippen MR) is 72.8 cm³/mol. The average Bonchev–Trinajstić information content (AvgIpc) is 2.36. The van der Waals surface area contributed by atoms with Crippen LogP contribution in [-0.4, -0.2) is 4.98 Å². The minimum Gasteiger partial charge on any atom is -0.265 e. The van der Waals surface area contributed by atoms with Crippen LogP contribution in [0.1, 0.15) is 30.4 Å². The van der Waals surface area contributed by atoms with Gasteiger partial charge in [-0.05, 0) is 41.8 Å². The molecule has 0 radical (unpaired) electrons. The second kappa shape index (κ2) is 5.52. The molecule has 0 saturated heterocycles. The number of nitrogens with zero attached hydrogens (tertiary/aromatic N) is 1. The monoisotopic (exact) mass is 265 g/mol. The molecule has 3 heteroatoms. The van der Waals surface area contributed by atoms with Crippen LogP contribution in [0.25, 0.3) is 0 Å². The number of hydrogen-bond acceptors (Lipinski definition) is 1. The molecule has 2 rings (SSSR count). The highest BCUT2D eigenvalue weighted by Gasteiger charge is 2.12. The Labute approximate surface area is 111 Å². The van der Waals surface area contributed by atoms with Crippen LogP contribution in [0.15, 0.2) is 42.7 Å². The molecule has 0 saturated carbocycles. The minimum absolute atomic E-state index is 0.341. The second-order valence-electron chi connectivity index (χ2n) is 3.91. The van der Waals surface area contributed by atoms with Gasteiger partial charge in [0.15, 0.2) is 0 Å². The highest BCUT2D eigenvalue weighted by Crippen LogP contribution is 2.31. The van der Waals surface area contributed by atoms with E-state index in [9.17, 15) is 0 Å². The van der Waals surface area contributed by atoms with Crippen LogP contribution in [0.5, 0.6) is 0 Å². The van der Waals surface area contributed by atoms with Gasteiger partial charge < -0.3 is 0 Å². The van der Waals surface area contributed by atoms with Gasteiger partial charge in [-0.3, -0.25) is 4.98 Å². The SMILES string of the molecule is CCC(c1ccncc1)c1ccc(Cl)c(Cl)c1. The van der Waals surface area contributed by atoms with Gasteiger partial charge >= 0.3 is 0 Å². The van der Waals surface area contributed by atoms with E-state index in [2.05, 4.69) is 11.9 Å². The van der Waals surface area contributed by atoms with Gasteiger partial charge in [0, 0.05) is 18.3 Å². The lowest BCUT2D eigenvalue weighted by Crippen LogP contribution is -1.99. The van der Waals surface area contributed by atoms with Gasteiger partial charge in [0.25, 0.3) is 0 Å². The van der Waals surface area contributed by atoms with Crippen LogP contribution in [0.4, 0.5) is 0 Å². The van der Waals surface area contributed by atoms with Crippen molar-refractivity contribution in [3.63, 3.8) is 0 Å². The van der Waals surface area contributed by atoms with Crippen LogP contribution in [0, 0.1) is 0 Å². The van der Waals surface area contributed by atoms with E-state index in [-0.39, 0.29) is 0 Å². The van der Waals surface area contributed by atoms with Crippen LogP contribution in [-0.2, 0) is 0 Å². The van der Waals surface area contributed by atoms with Crippen molar-refractivity contribution in [2.45, 2.75) is 19.3 Å². The molecular formula is C14H13Cl2N. The summed E-state index contributed by atoms with van der Waals surface area (Å²) in [4.78, 5) is 4.04. The third kappa shape index (κ3) is 2.80. The van der Waals surface area contributed by atoms with E-state index in [4.69, 9.17) is 23.2 Å². The van der Waals surface area contributed by atoms with Crippen molar-refractivity contribution in [3.8, 4) is 0 Å². The normalized spacial score (nSPS) is 12.4. The maximum atomic E-state index is 6.06. The van der Waals surface area contributed by atoms with E-state index < -0.39 is 0 Å². The quantitative estimate of drug-likeness (QED) is 0.767. The summed E-state index contributed by atoms with van der Waals surface area (Å²) in [7, 11) is 0. The molecule has 1 aromatic heterocycles. The fraction of sp³-hybridized carbons (Fsp3) is 0.214. The number of benzene rings is 1. The molecule has 1 heterocycles. The van der Waals surface area contributed by atoms with Crippen LogP contribution >= 0.6 is 23.2 Å². The topological polar surface area (TPSA) is 12.9 Å². The molecule has 88 valence electrons. The molecule has 2 aromatic rings. The van der Waals surface area contributed by atoms with Crippen molar-refractivity contribution in [2.75, 3.05) is 0 Å². The van der Waals surface area contributed by atoms with Gasteiger partial charge in [-0.2, -0.15) is 0 Å². The molecular weight excluding hydrogens is 253 g/mol. The number of halogens is 2. The first-order valence-corrected chi connectivity index (χ1v) is 6.33. The molecule has 0 bridgehead atoms. The van der Waals surface area contributed by atoms with Crippen molar-refractivity contribution in [2.24, 2.45) is 0 Å². The fourth-order valence-electron chi connectivity index (χ4n) is 1.99. The summed E-state index contributed by atoms with van der Waals surface area (Å²) in [5.41, 5.74) is 2.44. The lowest BCUT2D eigenvalue weighted by molar-refractivity contribution is 0.775. The van der Waals surface area contributed by atoms with Gasteiger partial charge in [0.2, 0.25) is 0 Å². The zero-order chi connectivity index (χ0) is 12.3. The standard InChI is InChI=1S/C14H13Cl2N/c1-2-12(10-5-7-17-8-6-10)11-3-4-13(15)14(16)9-11/h3-9,12H,2H2,1H3. The lowest BCUT2D eigenvalue weighted by atomic mass is 9.90. The van der Waals surface area contributed by atoms with Gasteiger partial charge in [0.1, 0.15) is 0 Å². The smallest absolute Gasteiger partial charge is 0.0595 e. The second-order valence-corrected chi connectivity index (χ2v) is 4.73. The first-order valence-electron chi connectivity index (χ1n) is 5.57. The molecule has 0 aliphatic heterocycles. The molecule has 1 unspecified atom stereocenters. The highest BCUT2D eigenvalue weighted by atomic mass is 35.5. The molecule has 0 amide bonds. The third-order valence-electron chi connectivity index (χ3n) is 2.86. The molecule has 0 spiro atoms. The lowest BCUT2D eigenvalue weighted by Gasteiger charge is -2.16. The van der Waals surface area contributed by atoms with Gasteiger partial charge in [-0.15, -0.1) is 0 Å². The Bertz CT molecular complexity index is 497. The van der Waals surface area contributed by atoms with Gasteiger partial charge in [-0.1, -0.05) is 36.2 Å². The zero-order valence-corrected chi connectivity index (χ0v) is 11.0. The summed E-state index contributed by atoms with van der Waals surface area (Å²) in [6, 6.07) is 9.90. The van der Waals surface area contributed by atoms with E-state index in [1.54, 1.807) is 0 Å². The molecule has 17 heavy (non-hydrogen) atoms. The zero-order valence-electron chi connectivity index (χ0n) is 9.53. The summed E-state index contributed by atoms with van der Waals surface area (Å²) in [6.45, 7) is 2.16. The maximum absolute atomic E-state index is 6.06. The number of rotatable bonds is 3. The summed E-state index contributed by atoms with van der Waals surface area (Å²) in [5, 5.41) is 1.21. The van der Waals surface area contributed by atoms with E-state index in [1.165, 1.54) is 11.1 Å². The summed E-state index contributed by atoms with van der Waals surface area (Å²) >= 11 is 12.0. The largest absolute Gasteiger partial charge is 0.265 e. The molecule has 1 aromatic carbocycles. The van der Waals surface area contributed by atoms with Crippen LogP contribution in [0.3, 0.4) is 0 Å². The van der Waals surface area contributed by atoms with Crippen LogP contribution < -0.4 is 0 Å². The molecule has 0 fully saturated rings. The maximum Gasteiger partial charge on any atom is 0.0595 e. The highest BCUT2D eigenvalue weighted by molar-refractivity contribution is 6.42. The summed E-state index contributed by atoms with van der Waals surface area (Å²) in [5.74, 6) is 0.341. The van der Waals surface area contributed by atoms with E-state index >= 15 is 0 Å². The molecule has 1 nitrogen and oxygen atoms in total. The van der Waals surface area contributed by atoms with E-state index in [0.717, 1.165) is 6.42 Å².